The van der Waals surface area contributed by atoms with Gasteiger partial charge in [-0.1, -0.05) is 0 Å². The third-order valence-electron chi connectivity index (χ3n) is 2.09. The zero-order valence-electron chi connectivity index (χ0n) is 6.45. The van der Waals surface area contributed by atoms with Crippen molar-refractivity contribution in [3.05, 3.63) is 0 Å². The summed E-state index contributed by atoms with van der Waals surface area (Å²) >= 11 is 0. The maximum atomic E-state index is 4.36. The van der Waals surface area contributed by atoms with Crippen LogP contribution in [0.15, 0.2) is 5.10 Å². The van der Waals surface area contributed by atoms with Crippen LogP contribution in [-0.4, -0.2) is 23.3 Å². The average molecular weight is 138 g/mol. The van der Waals surface area contributed by atoms with Crippen LogP contribution in [0.4, 0.5) is 0 Å². The van der Waals surface area contributed by atoms with Crippen LogP contribution in [0.25, 0.3) is 0 Å². The van der Waals surface area contributed by atoms with Crippen LogP contribution in [0.1, 0.15) is 32.6 Å². The lowest BCUT2D eigenvalue weighted by Gasteiger charge is -2.16. The summed E-state index contributed by atoms with van der Waals surface area (Å²) in [7, 11) is 0. The summed E-state index contributed by atoms with van der Waals surface area (Å²) in [5.74, 6) is 0. The zero-order chi connectivity index (χ0) is 6.97. The Labute approximate surface area is 61.9 Å². The van der Waals surface area contributed by atoms with E-state index in [9.17, 15) is 0 Å². The van der Waals surface area contributed by atoms with Crippen molar-refractivity contribution < 1.29 is 0 Å². The Hall–Kier alpha value is -0.530. The summed E-state index contributed by atoms with van der Waals surface area (Å²) in [5, 5.41) is 6.66. The third-order valence-corrected chi connectivity index (χ3v) is 2.09. The molecule has 0 amide bonds. The smallest absolute Gasteiger partial charge is 0.0475 e. The molecule has 2 fully saturated rings. The van der Waals surface area contributed by atoms with Crippen molar-refractivity contribution >= 4 is 6.21 Å². The van der Waals surface area contributed by atoms with Crippen molar-refractivity contribution in [2.24, 2.45) is 5.10 Å². The molecule has 2 heteroatoms. The van der Waals surface area contributed by atoms with Crippen molar-refractivity contribution in [1.82, 2.24) is 5.01 Å². The van der Waals surface area contributed by atoms with Gasteiger partial charge < -0.3 is 0 Å². The average Bonchev–Trinajstić information content (AvgIpc) is 2.77. The van der Waals surface area contributed by atoms with Gasteiger partial charge in [-0.25, -0.2) is 0 Å². The Morgan fingerprint density at radius 3 is 2.00 bits per heavy atom. The molecular formula is C8H14N2. The Kier molecular flexibility index (Phi) is 1.40. The van der Waals surface area contributed by atoms with Gasteiger partial charge >= 0.3 is 0 Å². The molecule has 0 aromatic rings. The van der Waals surface area contributed by atoms with E-state index in [1.807, 2.05) is 13.1 Å². The molecule has 2 nitrogen and oxygen atoms in total. The fraction of sp³-hybridized carbons (Fsp3) is 0.875. The molecule has 0 N–H and O–H groups in total. The SMILES string of the molecule is C/C=N/N(C1CC1)C1CC1. The Bertz CT molecular complexity index is 133. The van der Waals surface area contributed by atoms with Gasteiger partial charge in [0.2, 0.25) is 0 Å². The van der Waals surface area contributed by atoms with Crippen LogP contribution in [0.5, 0.6) is 0 Å². The molecule has 0 aromatic carbocycles. The summed E-state index contributed by atoms with van der Waals surface area (Å²) in [6.45, 7) is 2.00. The van der Waals surface area contributed by atoms with Gasteiger partial charge in [0.25, 0.3) is 0 Å². The molecule has 2 aliphatic carbocycles. The molecule has 10 heavy (non-hydrogen) atoms. The molecule has 0 aromatic heterocycles. The third kappa shape index (κ3) is 1.15. The van der Waals surface area contributed by atoms with Gasteiger partial charge in [0.1, 0.15) is 0 Å². The first-order valence-electron chi connectivity index (χ1n) is 4.18. The molecule has 2 aliphatic rings. The number of hydrazone groups is 1. The molecular weight excluding hydrogens is 124 g/mol. The highest BCUT2D eigenvalue weighted by Crippen LogP contribution is 2.37. The maximum Gasteiger partial charge on any atom is 0.0475 e. The summed E-state index contributed by atoms with van der Waals surface area (Å²) in [4.78, 5) is 0. The number of nitrogens with zero attached hydrogens (tertiary/aromatic N) is 2. The Morgan fingerprint density at radius 1 is 1.20 bits per heavy atom. The lowest BCUT2D eigenvalue weighted by Crippen LogP contribution is -2.21. The van der Waals surface area contributed by atoms with Crippen molar-refractivity contribution in [2.45, 2.75) is 44.7 Å². The summed E-state index contributed by atoms with van der Waals surface area (Å²) < 4.78 is 0. The van der Waals surface area contributed by atoms with E-state index in [-0.39, 0.29) is 0 Å². The van der Waals surface area contributed by atoms with Crippen LogP contribution in [0.3, 0.4) is 0 Å². The van der Waals surface area contributed by atoms with E-state index in [1.54, 1.807) is 0 Å². The maximum absolute atomic E-state index is 4.36. The van der Waals surface area contributed by atoms with E-state index in [1.165, 1.54) is 25.7 Å². The van der Waals surface area contributed by atoms with Crippen LogP contribution in [-0.2, 0) is 0 Å². The standard InChI is InChI=1S/C8H14N2/c1-2-9-10(7-3-4-7)8-5-6-8/h2,7-8H,3-6H2,1H3/b9-2+. The normalized spacial score (nSPS) is 25.7. The number of hydrogen-bond donors (Lipinski definition) is 0. The monoisotopic (exact) mass is 138 g/mol. The first-order chi connectivity index (χ1) is 4.92. The van der Waals surface area contributed by atoms with Gasteiger partial charge in [-0.2, -0.15) is 5.10 Å². The molecule has 2 rings (SSSR count). The van der Waals surface area contributed by atoms with E-state index < -0.39 is 0 Å². The molecule has 0 heterocycles. The molecule has 0 atom stereocenters. The van der Waals surface area contributed by atoms with Gasteiger partial charge in [0, 0.05) is 18.3 Å². The Balaban J connectivity index is 1.92. The van der Waals surface area contributed by atoms with Crippen LogP contribution in [0.2, 0.25) is 0 Å². The first kappa shape index (κ1) is 6.20. The van der Waals surface area contributed by atoms with Crippen molar-refractivity contribution in [2.75, 3.05) is 0 Å². The molecule has 0 saturated heterocycles. The van der Waals surface area contributed by atoms with Crippen LogP contribution >= 0.6 is 0 Å². The lowest BCUT2D eigenvalue weighted by atomic mass is 10.6. The van der Waals surface area contributed by atoms with Crippen LogP contribution in [0, 0.1) is 0 Å². The summed E-state index contributed by atoms with van der Waals surface area (Å²) in [6.07, 6.45) is 7.39. The van der Waals surface area contributed by atoms with E-state index in [0.717, 1.165) is 12.1 Å². The van der Waals surface area contributed by atoms with Crippen molar-refractivity contribution in [3.63, 3.8) is 0 Å². The second-order valence-electron chi connectivity index (χ2n) is 3.22. The zero-order valence-corrected chi connectivity index (χ0v) is 6.45. The highest BCUT2D eigenvalue weighted by molar-refractivity contribution is 5.52. The summed E-state index contributed by atoms with van der Waals surface area (Å²) in [6, 6.07) is 1.62. The first-order valence-corrected chi connectivity index (χ1v) is 4.18. The topological polar surface area (TPSA) is 15.6 Å². The van der Waals surface area contributed by atoms with Crippen LogP contribution < -0.4 is 0 Å². The molecule has 2 saturated carbocycles. The van der Waals surface area contributed by atoms with E-state index >= 15 is 0 Å². The minimum atomic E-state index is 0.809. The van der Waals surface area contributed by atoms with Gasteiger partial charge in [-0.15, -0.1) is 0 Å². The largest absolute Gasteiger partial charge is 0.291 e. The molecule has 0 aliphatic heterocycles. The second-order valence-corrected chi connectivity index (χ2v) is 3.22. The van der Waals surface area contributed by atoms with E-state index in [4.69, 9.17) is 0 Å². The second kappa shape index (κ2) is 2.26. The fourth-order valence-corrected chi connectivity index (χ4v) is 1.30. The van der Waals surface area contributed by atoms with E-state index in [0.29, 0.717) is 0 Å². The summed E-state index contributed by atoms with van der Waals surface area (Å²) in [5.41, 5.74) is 0. The van der Waals surface area contributed by atoms with Gasteiger partial charge in [0.15, 0.2) is 0 Å². The molecule has 0 bridgehead atoms. The minimum Gasteiger partial charge on any atom is -0.291 e. The molecule has 0 spiro atoms. The van der Waals surface area contributed by atoms with E-state index in [2.05, 4.69) is 10.1 Å². The highest BCUT2D eigenvalue weighted by Gasteiger charge is 2.38. The lowest BCUT2D eigenvalue weighted by molar-refractivity contribution is 0.268. The number of hydrogen-bond acceptors (Lipinski definition) is 2. The Morgan fingerprint density at radius 2 is 1.70 bits per heavy atom. The quantitative estimate of drug-likeness (QED) is 0.427. The number of rotatable bonds is 3. The molecule has 0 unspecified atom stereocenters. The molecule has 56 valence electrons. The minimum absolute atomic E-state index is 0.809. The van der Waals surface area contributed by atoms with Gasteiger partial charge in [-0.3, -0.25) is 5.01 Å². The predicted molar refractivity (Wildman–Crippen MR) is 42.0 cm³/mol. The van der Waals surface area contributed by atoms with Crippen molar-refractivity contribution in [1.29, 1.82) is 0 Å². The van der Waals surface area contributed by atoms with Gasteiger partial charge in [-0.05, 0) is 32.6 Å². The predicted octanol–water partition coefficient (Wildman–Crippen LogP) is 1.62. The van der Waals surface area contributed by atoms with Gasteiger partial charge in [0.05, 0.1) is 0 Å². The highest BCUT2D eigenvalue weighted by atomic mass is 15.5. The molecule has 0 radical (unpaired) electrons. The fourth-order valence-electron chi connectivity index (χ4n) is 1.30. The van der Waals surface area contributed by atoms with Crippen molar-refractivity contribution in [3.8, 4) is 0 Å².